The minimum Gasteiger partial charge on any atom is -0.389 e. The van der Waals surface area contributed by atoms with Gasteiger partial charge < -0.3 is 5.11 Å². The first-order valence-corrected chi connectivity index (χ1v) is 5.48. The maximum atomic E-state index is 9.75. The molecule has 0 spiro atoms. The predicted molar refractivity (Wildman–Crippen MR) is 62.9 cm³/mol. The van der Waals surface area contributed by atoms with E-state index in [0.29, 0.717) is 0 Å². The van der Waals surface area contributed by atoms with Crippen molar-refractivity contribution in [1.29, 1.82) is 0 Å². The van der Waals surface area contributed by atoms with Crippen molar-refractivity contribution in [3.8, 4) is 0 Å². The molecule has 1 N–H and O–H groups in total. The van der Waals surface area contributed by atoms with Crippen LogP contribution in [0.4, 0.5) is 0 Å². The molecule has 1 aromatic carbocycles. The molecule has 0 radical (unpaired) electrons. The van der Waals surface area contributed by atoms with Crippen LogP contribution in [-0.4, -0.2) is 11.2 Å². The smallest absolute Gasteiger partial charge is 0.0756 e. The summed E-state index contributed by atoms with van der Waals surface area (Å²) < 4.78 is 0. The summed E-state index contributed by atoms with van der Waals surface area (Å²) in [5.41, 5.74) is 3.47. The topological polar surface area (TPSA) is 20.2 Å². The number of hydrogen-bond acceptors (Lipinski definition) is 1. The SMILES string of the molecule is C=C1[C@H](O)CC[C@@]1(C)c1ccc(C)cc1. The fourth-order valence-corrected chi connectivity index (χ4v) is 2.38. The third-order valence-corrected chi connectivity index (χ3v) is 3.72. The number of hydrogen-bond donors (Lipinski definition) is 1. The van der Waals surface area contributed by atoms with E-state index in [9.17, 15) is 5.11 Å². The third-order valence-electron chi connectivity index (χ3n) is 3.72. The lowest BCUT2D eigenvalue weighted by Crippen LogP contribution is -2.21. The van der Waals surface area contributed by atoms with Crippen molar-refractivity contribution in [3.63, 3.8) is 0 Å². The van der Waals surface area contributed by atoms with Gasteiger partial charge in [0.2, 0.25) is 0 Å². The first-order chi connectivity index (χ1) is 7.04. The van der Waals surface area contributed by atoms with E-state index in [1.165, 1.54) is 11.1 Å². The number of aliphatic hydroxyl groups excluding tert-OH is 1. The van der Waals surface area contributed by atoms with Crippen LogP contribution in [-0.2, 0) is 5.41 Å². The van der Waals surface area contributed by atoms with Crippen LogP contribution >= 0.6 is 0 Å². The zero-order valence-electron chi connectivity index (χ0n) is 9.46. The second-order valence-electron chi connectivity index (χ2n) is 4.78. The number of aryl methyl sites for hydroxylation is 1. The van der Waals surface area contributed by atoms with E-state index in [-0.39, 0.29) is 11.5 Å². The van der Waals surface area contributed by atoms with Crippen LogP contribution in [0.5, 0.6) is 0 Å². The Hall–Kier alpha value is -1.08. The van der Waals surface area contributed by atoms with Gasteiger partial charge in [0.25, 0.3) is 0 Å². The first kappa shape index (κ1) is 10.4. The van der Waals surface area contributed by atoms with E-state index in [1.54, 1.807) is 0 Å². The molecule has 1 saturated carbocycles. The van der Waals surface area contributed by atoms with Gasteiger partial charge in [0.1, 0.15) is 0 Å². The minimum absolute atomic E-state index is 0.0346. The first-order valence-electron chi connectivity index (χ1n) is 5.48. The molecule has 1 fully saturated rings. The number of rotatable bonds is 1. The van der Waals surface area contributed by atoms with Crippen molar-refractivity contribution in [2.75, 3.05) is 0 Å². The highest BCUT2D eigenvalue weighted by atomic mass is 16.3. The van der Waals surface area contributed by atoms with E-state index in [2.05, 4.69) is 44.7 Å². The summed E-state index contributed by atoms with van der Waals surface area (Å²) in [5, 5.41) is 9.75. The molecule has 1 nitrogen and oxygen atoms in total. The van der Waals surface area contributed by atoms with Crippen molar-refractivity contribution >= 4 is 0 Å². The average molecular weight is 202 g/mol. The van der Waals surface area contributed by atoms with Crippen molar-refractivity contribution in [2.24, 2.45) is 0 Å². The molecule has 80 valence electrons. The van der Waals surface area contributed by atoms with Gasteiger partial charge in [-0.25, -0.2) is 0 Å². The Morgan fingerprint density at radius 3 is 2.40 bits per heavy atom. The van der Waals surface area contributed by atoms with E-state index >= 15 is 0 Å². The standard InChI is InChI=1S/C14H18O/c1-10-4-6-12(7-5-10)14(3)9-8-13(15)11(14)2/h4-7,13,15H,2,8-9H2,1,3H3/t13-,14-/m1/s1. The van der Waals surface area contributed by atoms with Gasteiger partial charge in [-0.3, -0.25) is 0 Å². The molecule has 0 aromatic heterocycles. The maximum Gasteiger partial charge on any atom is 0.0756 e. The van der Waals surface area contributed by atoms with Gasteiger partial charge in [-0.05, 0) is 30.9 Å². The van der Waals surface area contributed by atoms with Crippen LogP contribution < -0.4 is 0 Å². The van der Waals surface area contributed by atoms with Crippen LogP contribution in [0.3, 0.4) is 0 Å². The minimum atomic E-state index is -0.323. The molecular weight excluding hydrogens is 184 g/mol. The molecule has 1 heteroatoms. The molecule has 0 saturated heterocycles. The van der Waals surface area contributed by atoms with Crippen molar-refractivity contribution in [1.82, 2.24) is 0 Å². The molecule has 2 rings (SSSR count). The Morgan fingerprint density at radius 1 is 1.33 bits per heavy atom. The second-order valence-corrected chi connectivity index (χ2v) is 4.78. The lowest BCUT2D eigenvalue weighted by molar-refractivity contribution is 0.217. The predicted octanol–water partition coefficient (Wildman–Crippen LogP) is 2.96. The summed E-state index contributed by atoms with van der Waals surface area (Å²) in [5.74, 6) is 0. The average Bonchev–Trinajstić information content (AvgIpc) is 2.48. The van der Waals surface area contributed by atoms with Gasteiger partial charge in [-0.1, -0.05) is 43.3 Å². The molecule has 0 amide bonds. The Balaban J connectivity index is 2.38. The van der Waals surface area contributed by atoms with Crippen LogP contribution in [0.2, 0.25) is 0 Å². The molecule has 2 atom stereocenters. The molecule has 0 aliphatic heterocycles. The van der Waals surface area contributed by atoms with Crippen LogP contribution in [0.1, 0.15) is 30.9 Å². The largest absolute Gasteiger partial charge is 0.389 e. The van der Waals surface area contributed by atoms with Gasteiger partial charge in [0.15, 0.2) is 0 Å². The molecule has 1 aliphatic rings. The van der Waals surface area contributed by atoms with Gasteiger partial charge in [0, 0.05) is 5.41 Å². The number of benzene rings is 1. The lowest BCUT2D eigenvalue weighted by Gasteiger charge is -2.26. The Bertz CT molecular complexity index is 377. The molecule has 0 bridgehead atoms. The van der Waals surface area contributed by atoms with Gasteiger partial charge in [0.05, 0.1) is 6.10 Å². The van der Waals surface area contributed by atoms with E-state index in [0.717, 1.165) is 18.4 Å². The molecule has 1 aliphatic carbocycles. The summed E-state index contributed by atoms with van der Waals surface area (Å²) in [4.78, 5) is 0. The third kappa shape index (κ3) is 1.61. The molecule has 0 heterocycles. The van der Waals surface area contributed by atoms with E-state index in [4.69, 9.17) is 0 Å². The molecule has 1 aromatic rings. The highest BCUT2D eigenvalue weighted by Crippen LogP contribution is 2.44. The van der Waals surface area contributed by atoms with Gasteiger partial charge in [-0.2, -0.15) is 0 Å². The van der Waals surface area contributed by atoms with Crippen molar-refractivity contribution in [3.05, 3.63) is 47.5 Å². The number of aliphatic hydroxyl groups is 1. The lowest BCUT2D eigenvalue weighted by atomic mass is 9.78. The fraction of sp³-hybridized carbons (Fsp3) is 0.429. The summed E-state index contributed by atoms with van der Waals surface area (Å²) in [6, 6.07) is 8.55. The van der Waals surface area contributed by atoms with Gasteiger partial charge in [-0.15, -0.1) is 0 Å². The van der Waals surface area contributed by atoms with Crippen LogP contribution in [0.25, 0.3) is 0 Å². The van der Waals surface area contributed by atoms with E-state index < -0.39 is 0 Å². The molecule has 15 heavy (non-hydrogen) atoms. The maximum absolute atomic E-state index is 9.75. The Kier molecular flexibility index (Phi) is 2.43. The highest BCUT2D eigenvalue weighted by molar-refractivity contribution is 5.39. The van der Waals surface area contributed by atoms with Crippen molar-refractivity contribution < 1.29 is 5.11 Å². The van der Waals surface area contributed by atoms with Crippen LogP contribution in [0.15, 0.2) is 36.4 Å². The molecule has 0 unspecified atom stereocenters. The summed E-state index contributed by atoms with van der Waals surface area (Å²) in [6.45, 7) is 8.30. The fourth-order valence-electron chi connectivity index (χ4n) is 2.38. The normalized spacial score (nSPS) is 30.9. The van der Waals surface area contributed by atoms with Crippen molar-refractivity contribution in [2.45, 2.75) is 38.2 Å². The summed E-state index contributed by atoms with van der Waals surface area (Å²) >= 11 is 0. The quantitative estimate of drug-likeness (QED) is 0.694. The highest BCUT2D eigenvalue weighted by Gasteiger charge is 2.39. The van der Waals surface area contributed by atoms with Crippen LogP contribution in [0, 0.1) is 6.92 Å². The Labute approximate surface area is 91.4 Å². The van der Waals surface area contributed by atoms with E-state index in [1.807, 2.05) is 0 Å². The monoisotopic (exact) mass is 202 g/mol. The summed E-state index contributed by atoms with van der Waals surface area (Å²) in [7, 11) is 0. The Morgan fingerprint density at radius 2 is 1.93 bits per heavy atom. The van der Waals surface area contributed by atoms with Gasteiger partial charge >= 0.3 is 0 Å². The zero-order chi connectivity index (χ0) is 11.1. The summed E-state index contributed by atoms with van der Waals surface area (Å²) in [6.07, 6.45) is 1.51. The molecular formula is C14H18O. The zero-order valence-corrected chi connectivity index (χ0v) is 9.46. The second kappa shape index (κ2) is 3.49.